The number of alkyl halides is 1. The van der Waals surface area contributed by atoms with Gasteiger partial charge in [0, 0.05) is 0 Å². The average molecular weight is 208 g/mol. The number of hydrogen-bond donors (Lipinski definition) is 0. The molecule has 0 aliphatic rings. The summed E-state index contributed by atoms with van der Waals surface area (Å²) < 4.78 is 13.2. The largest absolute Gasteiger partial charge is 0.243 e. The fourth-order valence-corrected chi connectivity index (χ4v) is 1.18. The highest BCUT2D eigenvalue weighted by Crippen LogP contribution is 2.17. The third-order valence-electron chi connectivity index (χ3n) is 2.50. The van der Waals surface area contributed by atoms with Crippen molar-refractivity contribution in [2.45, 2.75) is 33.9 Å². The van der Waals surface area contributed by atoms with Crippen molar-refractivity contribution in [1.29, 1.82) is 0 Å². The molecular weight excluding hydrogens is 187 g/mol. The molecule has 2 atom stereocenters. The van der Waals surface area contributed by atoms with Crippen molar-refractivity contribution in [1.82, 2.24) is 0 Å². The Morgan fingerprint density at radius 3 is 2.33 bits per heavy atom. The Hall–Kier alpha value is -1.11. The minimum absolute atomic E-state index is 0.276. The molecule has 0 aromatic rings. The molecule has 0 radical (unpaired) electrons. The molecule has 0 bridgehead atoms. The second-order valence-corrected chi connectivity index (χ2v) is 3.70. The lowest BCUT2D eigenvalue weighted by Gasteiger charge is -2.10. The molecule has 0 N–H and O–H groups in total. The van der Waals surface area contributed by atoms with Crippen molar-refractivity contribution < 1.29 is 4.39 Å². The molecule has 0 aliphatic carbocycles. The van der Waals surface area contributed by atoms with E-state index in [1.165, 1.54) is 5.57 Å². The van der Waals surface area contributed by atoms with Gasteiger partial charge >= 0.3 is 0 Å². The first kappa shape index (κ1) is 13.9. The van der Waals surface area contributed by atoms with Gasteiger partial charge in [-0.2, -0.15) is 0 Å². The molecule has 0 rings (SSSR count). The summed E-state index contributed by atoms with van der Waals surface area (Å²) in [5, 5.41) is 0. The molecule has 0 saturated heterocycles. The second kappa shape index (κ2) is 7.22. The molecule has 0 aromatic heterocycles. The van der Waals surface area contributed by atoms with Gasteiger partial charge in [0.2, 0.25) is 0 Å². The summed E-state index contributed by atoms with van der Waals surface area (Å²) in [5.41, 5.74) is 1.96. The van der Waals surface area contributed by atoms with Crippen LogP contribution in [0.1, 0.15) is 27.7 Å². The Labute approximate surface area is 92.9 Å². The Bertz CT molecular complexity index is 280. The molecule has 2 unspecified atom stereocenters. The SMILES string of the molecule is C=C/C=C\C(=C/C(C)/C(C)=C/C)C(C)F. The minimum atomic E-state index is -0.937. The van der Waals surface area contributed by atoms with Gasteiger partial charge in [0.15, 0.2) is 0 Å². The topological polar surface area (TPSA) is 0 Å². The van der Waals surface area contributed by atoms with E-state index in [1.54, 1.807) is 25.2 Å². The highest BCUT2D eigenvalue weighted by atomic mass is 19.1. The van der Waals surface area contributed by atoms with Crippen LogP contribution in [-0.4, -0.2) is 6.17 Å². The lowest BCUT2D eigenvalue weighted by Crippen LogP contribution is -2.00. The lowest BCUT2D eigenvalue weighted by atomic mass is 9.97. The first-order chi connectivity index (χ1) is 7.02. The van der Waals surface area contributed by atoms with Crippen LogP contribution < -0.4 is 0 Å². The fraction of sp³-hybridized carbons (Fsp3) is 0.429. The van der Waals surface area contributed by atoms with E-state index in [0.29, 0.717) is 5.57 Å². The third-order valence-corrected chi connectivity index (χ3v) is 2.50. The van der Waals surface area contributed by atoms with Crippen LogP contribution in [0.2, 0.25) is 0 Å². The monoisotopic (exact) mass is 208 g/mol. The number of halogens is 1. The number of rotatable bonds is 5. The van der Waals surface area contributed by atoms with Gasteiger partial charge in [-0.25, -0.2) is 4.39 Å². The Morgan fingerprint density at radius 2 is 1.93 bits per heavy atom. The molecule has 0 aliphatic heterocycles. The summed E-state index contributed by atoms with van der Waals surface area (Å²) in [6, 6.07) is 0. The first-order valence-electron chi connectivity index (χ1n) is 5.30. The Balaban J connectivity index is 4.83. The van der Waals surface area contributed by atoms with Crippen molar-refractivity contribution in [3.63, 3.8) is 0 Å². The maximum atomic E-state index is 13.2. The van der Waals surface area contributed by atoms with Crippen molar-refractivity contribution in [2.75, 3.05) is 0 Å². The average Bonchev–Trinajstić information content (AvgIpc) is 2.22. The van der Waals surface area contributed by atoms with Crippen molar-refractivity contribution in [3.05, 3.63) is 48.1 Å². The van der Waals surface area contributed by atoms with Gasteiger partial charge in [0.25, 0.3) is 0 Å². The van der Waals surface area contributed by atoms with E-state index >= 15 is 0 Å². The molecule has 0 fully saturated rings. The van der Waals surface area contributed by atoms with Crippen molar-refractivity contribution in [3.8, 4) is 0 Å². The van der Waals surface area contributed by atoms with Gasteiger partial charge in [0.05, 0.1) is 0 Å². The Kier molecular flexibility index (Phi) is 6.68. The summed E-state index contributed by atoms with van der Waals surface area (Å²) in [5.74, 6) is 0.276. The molecule has 0 spiro atoms. The molecule has 0 heterocycles. The summed E-state index contributed by atoms with van der Waals surface area (Å²) in [6.07, 6.45) is 8.27. The standard InChI is InChI=1S/C14H21F/c1-6-8-9-14(13(5)15)10-12(4)11(3)7-2/h6-10,12-13H,1H2,2-5H3/b9-8-,11-7+,14-10+. The maximum absolute atomic E-state index is 13.2. The van der Waals surface area contributed by atoms with Crippen molar-refractivity contribution in [2.24, 2.45) is 5.92 Å². The minimum Gasteiger partial charge on any atom is -0.243 e. The summed E-state index contributed by atoms with van der Waals surface area (Å²) in [7, 11) is 0. The molecule has 1 heteroatoms. The van der Waals surface area contributed by atoms with Gasteiger partial charge in [-0.05, 0) is 32.3 Å². The summed E-state index contributed by atoms with van der Waals surface area (Å²) in [6.45, 7) is 11.2. The van der Waals surface area contributed by atoms with Crippen LogP contribution in [0.25, 0.3) is 0 Å². The van der Waals surface area contributed by atoms with E-state index < -0.39 is 6.17 Å². The zero-order valence-electron chi connectivity index (χ0n) is 10.1. The molecule has 15 heavy (non-hydrogen) atoms. The highest BCUT2D eigenvalue weighted by molar-refractivity contribution is 5.27. The summed E-state index contributed by atoms with van der Waals surface area (Å²) in [4.78, 5) is 0. The van der Waals surface area contributed by atoms with E-state index in [1.807, 2.05) is 13.0 Å². The van der Waals surface area contributed by atoms with Gasteiger partial charge in [0.1, 0.15) is 6.17 Å². The van der Waals surface area contributed by atoms with Gasteiger partial charge in [-0.1, -0.05) is 49.5 Å². The van der Waals surface area contributed by atoms with E-state index in [4.69, 9.17) is 0 Å². The van der Waals surface area contributed by atoms with E-state index in [2.05, 4.69) is 26.5 Å². The van der Waals surface area contributed by atoms with E-state index in [0.717, 1.165) is 0 Å². The van der Waals surface area contributed by atoms with Crippen LogP contribution in [0.5, 0.6) is 0 Å². The number of hydrogen-bond acceptors (Lipinski definition) is 0. The van der Waals surface area contributed by atoms with Gasteiger partial charge in [-0.3, -0.25) is 0 Å². The van der Waals surface area contributed by atoms with Crippen LogP contribution in [0.4, 0.5) is 4.39 Å². The predicted octanol–water partition coefficient (Wildman–Crippen LogP) is 4.62. The van der Waals surface area contributed by atoms with Crippen LogP contribution in [-0.2, 0) is 0 Å². The second-order valence-electron chi connectivity index (χ2n) is 3.70. The molecule has 0 aromatic carbocycles. The molecule has 0 saturated carbocycles. The van der Waals surface area contributed by atoms with Gasteiger partial charge in [-0.15, -0.1) is 0 Å². The zero-order valence-corrected chi connectivity index (χ0v) is 10.1. The fourth-order valence-electron chi connectivity index (χ4n) is 1.18. The van der Waals surface area contributed by atoms with E-state index in [9.17, 15) is 4.39 Å². The van der Waals surface area contributed by atoms with Gasteiger partial charge < -0.3 is 0 Å². The predicted molar refractivity (Wildman–Crippen MR) is 66.6 cm³/mol. The normalized spacial score (nSPS) is 17.9. The molecule has 0 nitrogen and oxygen atoms in total. The quantitative estimate of drug-likeness (QED) is 0.457. The first-order valence-corrected chi connectivity index (χ1v) is 5.30. The Morgan fingerprint density at radius 1 is 1.33 bits per heavy atom. The number of allylic oxidation sites excluding steroid dienone is 7. The zero-order chi connectivity index (χ0) is 11.8. The van der Waals surface area contributed by atoms with Crippen LogP contribution in [0.3, 0.4) is 0 Å². The maximum Gasteiger partial charge on any atom is 0.122 e. The smallest absolute Gasteiger partial charge is 0.122 e. The van der Waals surface area contributed by atoms with Crippen LogP contribution in [0, 0.1) is 5.92 Å². The lowest BCUT2D eigenvalue weighted by molar-refractivity contribution is 0.415. The van der Waals surface area contributed by atoms with Crippen molar-refractivity contribution >= 4 is 0 Å². The molecule has 84 valence electrons. The highest BCUT2D eigenvalue weighted by Gasteiger charge is 2.06. The summed E-state index contributed by atoms with van der Waals surface area (Å²) >= 11 is 0. The van der Waals surface area contributed by atoms with Crippen LogP contribution >= 0.6 is 0 Å². The molecular formula is C14H21F. The van der Waals surface area contributed by atoms with Crippen LogP contribution in [0.15, 0.2) is 48.1 Å². The van der Waals surface area contributed by atoms with E-state index in [-0.39, 0.29) is 5.92 Å². The third kappa shape index (κ3) is 5.36. The molecule has 0 amide bonds.